The lowest BCUT2D eigenvalue weighted by Gasteiger charge is -2.15. The maximum absolute atomic E-state index is 4.70. The maximum Gasteiger partial charge on any atom is 0.0949 e. The standard InChI is InChI=1S/C23H14N2/c1-3-9-17-15(7-1)16-8-2-4-10-18(16)23-21(17)19-11-5-13-24-22(19)20-12-6-14-25(20)23/h1-14H. The second-order valence-electron chi connectivity index (χ2n) is 6.48. The molecule has 3 heterocycles. The van der Waals surface area contributed by atoms with E-state index in [4.69, 9.17) is 4.98 Å². The third kappa shape index (κ3) is 1.56. The van der Waals surface area contributed by atoms with Crippen molar-refractivity contribution in [2.24, 2.45) is 0 Å². The molecule has 0 spiro atoms. The largest absolute Gasteiger partial charge is 0.314 e. The number of rotatable bonds is 0. The molecule has 0 atom stereocenters. The van der Waals surface area contributed by atoms with Crippen LogP contribution in [-0.4, -0.2) is 9.38 Å². The van der Waals surface area contributed by atoms with Gasteiger partial charge in [0.15, 0.2) is 0 Å². The van der Waals surface area contributed by atoms with Gasteiger partial charge < -0.3 is 4.40 Å². The van der Waals surface area contributed by atoms with E-state index in [0.717, 1.165) is 11.0 Å². The molecule has 25 heavy (non-hydrogen) atoms. The Labute approximate surface area is 143 Å². The maximum atomic E-state index is 4.70. The fourth-order valence-corrected chi connectivity index (χ4v) is 4.23. The van der Waals surface area contributed by atoms with Gasteiger partial charge in [0.05, 0.1) is 16.6 Å². The van der Waals surface area contributed by atoms with E-state index in [1.54, 1.807) is 0 Å². The zero-order valence-corrected chi connectivity index (χ0v) is 13.5. The van der Waals surface area contributed by atoms with E-state index in [-0.39, 0.29) is 0 Å². The normalized spacial score (nSPS) is 12.0. The molecule has 0 fully saturated rings. The van der Waals surface area contributed by atoms with Gasteiger partial charge in [0.2, 0.25) is 0 Å². The summed E-state index contributed by atoms with van der Waals surface area (Å²) in [5, 5.41) is 7.64. The topological polar surface area (TPSA) is 17.3 Å². The van der Waals surface area contributed by atoms with Gasteiger partial charge in [0.1, 0.15) is 0 Å². The summed E-state index contributed by atoms with van der Waals surface area (Å²) in [5.41, 5.74) is 3.47. The van der Waals surface area contributed by atoms with Crippen LogP contribution in [0, 0.1) is 0 Å². The second-order valence-corrected chi connectivity index (χ2v) is 6.48. The van der Waals surface area contributed by atoms with Gasteiger partial charge in [-0.15, -0.1) is 0 Å². The summed E-state index contributed by atoms with van der Waals surface area (Å²) in [6, 6.07) is 25.9. The highest BCUT2D eigenvalue weighted by Crippen LogP contribution is 2.39. The van der Waals surface area contributed by atoms with Gasteiger partial charge in [-0.25, -0.2) is 0 Å². The highest BCUT2D eigenvalue weighted by molar-refractivity contribution is 6.31. The molecule has 0 saturated carbocycles. The molecule has 2 nitrogen and oxygen atoms in total. The molecule has 0 radical (unpaired) electrons. The number of nitrogens with zero attached hydrogens (tertiary/aromatic N) is 2. The average Bonchev–Trinajstić information content (AvgIpc) is 3.17. The van der Waals surface area contributed by atoms with E-state index in [9.17, 15) is 0 Å². The van der Waals surface area contributed by atoms with E-state index < -0.39 is 0 Å². The van der Waals surface area contributed by atoms with E-state index in [1.807, 2.05) is 12.3 Å². The van der Waals surface area contributed by atoms with Crippen LogP contribution in [0.3, 0.4) is 0 Å². The fourth-order valence-electron chi connectivity index (χ4n) is 4.23. The van der Waals surface area contributed by atoms with Gasteiger partial charge in [-0.3, -0.25) is 4.98 Å². The second kappa shape index (κ2) is 4.58. The van der Waals surface area contributed by atoms with E-state index >= 15 is 0 Å². The molecular weight excluding hydrogens is 304 g/mol. The van der Waals surface area contributed by atoms with Gasteiger partial charge in [-0.1, -0.05) is 54.6 Å². The lowest BCUT2D eigenvalue weighted by atomic mass is 9.95. The van der Waals surface area contributed by atoms with E-state index in [2.05, 4.69) is 77.3 Å². The van der Waals surface area contributed by atoms with Gasteiger partial charge >= 0.3 is 0 Å². The van der Waals surface area contributed by atoms with Crippen molar-refractivity contribution in [3.63, 3.8) is 0 Å². The molecule has 0 unspecified atom stereocenters. The van der Waals surface area contributed by atoms with Gasteiger partial charge in [-0.2, -0.15) is 0 Å². The van der Waals surface area contributed by atoms with Crippen LogP contribution >= 0.6 is 0 Å². The molecule has 3 aromatic carbocycles. The first-order valence-corrected chi connectivity index (χ1v) is 8.50. The van der Waals surface area contributed by atoms with Crippen molar-refractivity contribution in [2.45, 2.75) is 0 Å². The molecule has 6 rings (SSSR count). The van der Waals surface area contributed by atoms with Crippen LogP contribution in [-0.2, 0) is 0 Å². The first-order chi connectivity index (χ1) is 12.4. The minimum Gasteiger partial charge on any atom is -0.314 e. The molecule has 2 heteroatoms. The van der Waals surface area contributed by atoms with Gasteiger partial charge in [-0.05, 0) is 34.4 Å². The molecule has 0 aliphatic carbocycles. The average molecular weight is 318 g/mol. The summed E-state index contributed by atoms with van der Waals surface area (Å²) < 4.78 is 2.29. The molecule has 0 N–H and O–H groups in total. The smallest absolute Gasteiger partial charge is 0.0949 e. The molecule has 0 aliphatic rings. The van der Waals surface area contributed by atoms with Crippen molar-refractivity contribution in [2.75, 3.05) is 0 Å². The fraction of sp³-hybridized carbons (Fsp3) is 0. The Morgan fingerprint density at radius 3 is 2.12 bits per heavy atom. The van der Waals surface area contributed by atoms with Crippen LogP contribution in [0.2, 0.25) is 0 Å². The summed E-state index contributed by atoms with van der Waals surface area (Å²) in [6.07, 6.45) is 4.03. The van der Waals surface area contributed by atoms with Crippen molar-refractivity contribution < 1.29 is 0 Å². The van der Waals surface area contributed by atoms with Crippen LogP contribution in [0.25, 0.3) is 48.9 Å². The third-order valence-corrected chi connectivity index (χ3v) is 5.21. The summed E-state index contributed by atoms with van der Waals surface area (Å²) in [7, 11) is 0. The lowest BCUT2D eigenvalue weighted by Crippen LogP contribution is -1.94. The molecular formula is C23H14N2. The third-order valence-electron chi connectivity index (χ3n) is 5.21. The van der Waals surface area contributed by atoms with E-state index in [0.29, 0.717) is 0 Å². The lowest BCUT2D eigenvalue weighted by molar-refractivity contribution is 1.28. The predicted octanol–water partition coefficient (Wildman–Crippen LogP) is 5.95. The summed E-state index contributed by atoms with van der Waals surface area (Å²) in [6.45, 7) is 0. The van der Waals surface area contributed by atoms with Gasteiger partial charge in [0.25, 0.3) is 0 Å². The number of pyridine rings is 2. The highest BCUT2D eigenvalue weighted by atomic mass is 14.9. The molecule has 0 saturated heterocycles. The molecule has 3 aromatic heterocycles. The summed E-state index contributed by atoms with van der Waals surface area (Å²) in [5.74, 6) is 0. The summed E-state index contributed by atoms with van der Waals surface area (Å²) in [4.78, 5) is 4.70. The number of benzene rings is 3. The Hall–Kier alpha value is -3.39. The SMILES string of the molecule is c1ccc2c(c1)c1ccccc1c1c2c2cccnc2c2cccn21. The minimum absolute atomic E-state index is 1.06. The minimum atomic E-state index is 1.06. The van der Waals surface area contributed by atoms with Crippen LogP contribution in [0.15, 0.2) is 85.2 Å². The first kappa shape index (κ1) is 13.0. The molecule has 0 bridgehead atoms. The Morgan fingerprint density at radius 1 is 0.600 bits per heavy atom. The van der Waals surface area contributed by atoms with Crippen LogP contribution in [0.4, 0.5) is 0 Å². The van der Waals surface area contributed by atoms with Crippen LogP contribution < -0.4 is 0 Å². The first-order valence-electron chi connectivity index (χ1n) is 8.50. The van der Waals surface area contributed by atoms with Crippen molar-refractivity contribution in [1.29, 1.82) is 0 Å². The van der Waals surface area contributed by atoms with Gasteiger partial charge in [0, 0.05) is 28.6 Å². The highest BCUT2D eigenvalue weighted by Gasteiger charge is 2.15. The molecule has 6 aromatic rings. The van der Waals surface area contributed by atoms with Crippen LogP contribution in [0.5, 0.6) is 0 Å². The quantitative estimate of drug-likeness (QED) is 0.316. The Kier molecular flexibility index (Phi) is 2.37. The number of fused-ring (bicyclic) bond motifs is 11. The predicted molar refractivity (Wildman–Crippen MR) is 105 cm³/mol. The van der Waals surface area contributed by atoms with Crippen LogP contribution in [0.1, 0.15) is 0 Å². The van der Waals surface area contributed by atoms with Crippen molar-refractivity contribution in [1.82, 2.24) is 9.38 Å². The molecule has 116 valence electrons. The molecule has 0 aliphatic heterocycles. The van der Waals surface area contributed by atoms with E-state index in [1.165, 1.54) is 37.8 Å². The molecule has 0 amide bonds. The Bertz CT molecular complexity index is 1430. The van der Waals surface area contributed by atoms with Crippen molar-refractivity contribution >= 4 is 48.9 Å². The van der Waals surface area contributed by atoms with Crippen molar-refractivity contribution in [3.8, 4) is 0 Å². The zero-order chi connectivity index (χ0) is 16.4. The Morgan fingerprint density at radius 2 is 1.28 bits per heavy atom. The monoisotopic (exact) mass is 318 g/mol. The number of aromatic nitrogens is 2. The summed E-state index contributed by atoms with van der Waals surface area (Å²) >= 11 is 0. The number of hydrogen-bond acceptors (Lipinski definition) is 1. The number of hydrogen-bond donors (Lipinski definition) is 0. The van der Waals surface area contributed by atoms with Crippen molar-refractivity contribution in [3.05, 3.63) is 85.2 Å². The zero-order valence-electron chi connectivity index (χ0n) is 13.5. The Balaban J connectivity index is 2.15.